The maximum Gasteiger partial charge on any atom is 0.255 e. The van der Waals surface area contributed by atoms with Gasteiger partial charge in [-0.05, 0) is 18.2 Å². The molecule has 0 aliphatic rings. The minimum atomic E-state index is -0.365. The minimum absolute atomic E-state index is 0.0251. The smallest absolute Gasteiger partial charge is 0.255 e. The molecule has 1 N–H and O–H groups in total. The summed E-state index contributed by atoms with van der Waals surface area (Å²) in [6.07, 6.45) is 3.59. The normalized spacial score (nSPS) is 11.6. The molecule has 0 radical (unpaired) electrons. The zero-order chi connectivity index (χ0) is 17.6. The Morgan fingerprint density at radius 2 is 1.44 bits per heavy atom. The van der Waals surface area contributed by atoms with Crippen molar-refractivity contribution in [3.05, 3.63) is 96.3 Å². The first kappa shape index (κ1) is 16.6. The molecular weight excluding hydrogens is 312 g/mol. The Balaban J connectivity index is 1.77. The first-order valence-electron chi connectivity index (χ1n) is 8.11. The molecule has 0 aliphatic carbocycles. The van der Waals surface area contributed by atoms with E-state index in [4.69, 9.17) is 0 Å². The van der Waals surface area contributed by atoms with Crippen molar-refractivity contribution in [1.82, 2.24) is 0 Å². The second-order valence-electron chi connectivity index (χ2n) is 5.77. The third kappa shape index (κ3) is 3.98. The molecule has 1 atom stereocenters. The van der Waals surface area contributed by atoms with Crippen LogP contribution >= 0.6 is 0 Å². The average Bonchev–Trinajstić information content (AvgIpc) is 2.68. The van der Waals surface area contributed by atoms with E-state index in [1.165, 1.54) is 0 Å². The summed E-state index contributed by atoms with van der Waals surface area (Å²) in [4.78, 5) is 24.9. The van der Waals surface area contributed by atoms with Crippen molar-refractivity contribution < 1.29 is 14.2 Å². The lowest BCUT2D eigenvalue weighted by Gasteiger charge is -2.08. The second kappa shape index (κ2) is 7.53. The van der Waals surface area contributed by atoms with Gasteiger partial charge in [-0.2, -0.15) is 4.57 Å². The van der Waals surface area contributed by atoms with Crippen molar-refractivity contribution in [2.24, 2.45) is 0 Å². The van der Waals surface area contributed by atoms with Crippen molar-refractivity contribution in [1.29, 1.82) is 0 Å². The number of Topliss-reactive ketones (excluding diaryl/α,β-unsaturated/α-hetero) is 1. The van der Waals surface area contributed by atoms with E-state index in [0.29, 0.717) is 16.8 Å². The van der Waals surface area contributed by atoms with Crippen molar-refractivity contribution in [2.75, 3.05) is 5.32 Å². The van der Waals surface area contributed by atoms with Crippen LogP contribution in [-0.2, 0) is 0 Å². The molecule has 0 unspecified atom stereocenters. The molecule has 3 aromatic rings. The Hall–Kier alpha value is -3.27. The largest absolute Gasteiger partial charge is 0.317 e. The van der Waals surface area contributed by atoms with Gasteiger partial charge in [0, 0.05) is 24.1 Å². The van der Waals surface area contributed by atoms with E-state index >= 15 is 0 Å². The van der Waals surface area contributed by atoms with E-state index in [0.717, 1.165) is 0 Å². The monoisotopic (exact) mass is 331 g/mol. The van der Waals surface area contributed by atoms with Crippen LogP contribution in [0.4, 0.5) is 5.69 Å². The number of aromatic nitrogens is 1. The summed E-state index contributed by atoms with van der Waals surface area (Å²) in [6, 6.07) is 21.5. The molecule has 4 heteroatoms. The Labute approximate surface area is 146 Å². The van der Waals surface area contributed by atoms with Crippen LogP contribution < -0.4 is 9.88 Å². The van der Waals surface area contributed by atoms with E-state index in [1.807, 2.05) is 55.6 Å². The van der Waals surface area contributed by atoms with Gasteiger partial charge in [0.05, 0.1) is 0 Å². The number of hydrogen-bond acceptors (Lipinski definition) is 2. The van der Waals surface area contributed by atoms with Crippen molar-refractivity contribution >= 4 is 17.4 Å². The molecule has 0 saturated heterocycles. The number of rotatable bonds is 5. The predicted octanol–water partition coefficient (Wildman–Crippen LogP) is 3.67. The zero-order valence-electron chi connectivity index (χ0n) is 13.9. The Bertz CT molecular complexity index is 877. The van der Waals surface area contributed by atoms with Gasteiger partial charge >= 0.3 is 0 Å². The van der Waals surface area contributed by atoms with Gasteiger partial charge in [0.25, 0.3) is 5.91 Å². The first-order chi connectivity index (χ1) is 12.1. The quantitative estimate of drug-likeness (QED) is 0.573. The van der Waals surface area contributed by atoms with E-state index in [-0.39, 0.29) is 17.7 Å². The van der Waals surface area contributed by atoms with Gasteiger partial charge < -0.3 is 5.32 Å². The highest BCUT2D eigenvalue weighted by Crippen LogP contribution is 2.11. The van der Waals surface area contributed by atoms with Crippen LogP contribution in [0, 0.1) is 0 Å². The maximum absolute atomic E-state index is 12.6. The second-order valence-corrected chi connectivity index (χ2v) is 5.77. The Kier molecular flexibility index (Phi) is 5.00. The molecule has 124 valence electrons. The van der Waals surface area contributed by atoms with Gasteiger partial charge in [0.2, 0.25) is 11.8 Å². The molecule has 1 heterocycles. The van der Waals surface area contributed by atoms with Crippen LogP contribution in [0.15, 0.2) is 85.2 Å². The topological polar surface area (TPSA) is 50.0 Å². The molecule has 25 heavy (non-hydrogen) atoms. The number of nitrogens with zero attached hydrogens (tertiary/aromatic N) is 1. The lowest BCUT2D eigenvalue weighted by atomic mass is 10.1. The van der Waals surface area contributed by atoms with E-state index in [9.17, 15) is 9.59 Å². The third-order valence-corrected chi connectivity index (χ3v) is 4.00. The first-order valence-corrected chi connectivity index (χ1v) is 8.11. The zero-order valence-corrected chi connectivity index (χ0v) is 13.9. The minimum Gasteiger partial charge on any atom is -0.317 e. The number of carbonyl (C=O) groups excluding carboxylic acids is 2. The maximum atomic E-state index is 12.6. The molecule has 0 fully saturated rings. The highest BCUT2D eigenvalue weighted by Gasteiger charge is 2.23. The van der Waals surface area contributed by atoms with E-state index in [1.54, 1.807) is 41.1 Å². The molecule has 2 aromatic carbocycles. The lowest BCUT2D eigenvalue weighted by Crippen LogP contribution is -2.42. The van der Waals surface area contributed by atoms with Crippen LogP contribution in [0.2, 0.25) is 0 Å². The Morgan fingerprint density at radius 1 is 0.840 bits per heavy atom. The van der Waals surface area contributed by atoms with Crippen LogP contribution in [0.5, 0.6) is 0 Å². The fourth-order valence-corrected chi connectivity index (χ4v) is 2.58. The number of hydrogen-bond donors (Lipinski definition) is 1. The fraction of sp³-hybridized carbons (Fsp3) is 0.0952. The van der Waals surface area contributed by atoms with Crippen LogP contribution in [0.3, 0.4) is 0 Å². The summed E-state index contributed by atoms with van der Waals surface area (Å²) in [6.45, 7) is 1.85. The lowest BCUT2D eigenvalue weighted by molar-refractivity contribution is -0.704. The summed E-state index contributed by atoms with van der Waals surface area (Å²) < 4.78 is 1.80. The standard InChI is InChI=1S/C21H18N2O2/c1-16(20(24)17-9-4-2-5-10-17)23-14-8-13-19(15-23)22-21(25)18-11-6-3-7-12-18/h2-16H,1H3/p+1/t16-/m1/s1. The van der Waals surface area contributed by atoms with E-state index < -0.39 is 0 Å². The molecule has 0 spiro atoms. The number of nitrogens with one attached hydrogen (secondary N) is 1. The van der Waals surface area contributed by atoms with Crippen molar-refractivity contribution in [3.8, 4) is 0 Å². The molecular formula is C21H19N2O2+. The molecule has 3 rings (SSSR count). The summed E-state index contributed by atoms with van der Waals surface area (Å²) in [5, 5.41) is 2.86. The summed E-state index contributed by atoms with van der Waals surface area (Å²) >= 11 is 0. The van der Waals surface area contributed by atoms with Crippen molar-refractivity contribution in [3.63, 3.8) is 0 Å². The molecule has 1 aromatic heterocycles. The van der Waals surface area contributed by atoms with Crippen molar-refractivity contribution in [2.45, 2.75) is 13.0 Å². The summed E-state index contributed by atoms with van der Waals surface area (Å²) in [5.74, 6) is -0.155. The van der Waals surface area contributed by atoms with Gasteiger partial charge in [0.1, 0.15) is 5.69 Å². The number of pyridine rings is 1. The van der Waals surface area contributed by atoms with Gasteiger partial charge in [-0.1, -0.05) is 48.5 Å². The molecule has 0 aliphatic heterocycles. The summed E-state index contributed by atoms with van der Waals surface area (Å²) in [5.41, 5.74) is 1.90. The van der Waals surface area contributed by atoms with Gasteiger partial charge in [0.15, 0.2) is 12.4 Å². The van der Waals surface area contributed by atoms with Crippen LogP contribution in [0.1, 0.15) is 33.7 Å². The Morgan fingerprint density at radius 3 is 2.08 bits per heavy atom. The summed E-state index contributed by atoms with van der Waals surface area (Å²) in [7, 11) is 0. The van der Waals surface area contributed by atoms with Gasteiger partial charge in [-0.15, -0.1) is 0 Å². The van der Waals surface area contributed by atoms with Gasteiger partial charge in [-0.25, -0.2) is 0 Å². The molecule has 0 bridgehead atoms. The van der Waals surface area contributed by atoms with Crippen LogP contribution in [0.25, 0.3) is 0 Å². The SMILES string of the molecule is C[C@H](C(=O)c1ccccc1)[n+]1cccc(NC(=O)c2ccccc2)c1. The predicted molar refractivity (Wildman–Crippen MR) is 96.5 cm³/mol. The average molecular weight is 331 g/mol. The number of ketones is 1. The molecule has 4 nitrogen and oxygen atoms in total. The molecule has 1 amide bonds. The number of amides is 1. The highest BCUT2D eigenvalue weighted by molar-refractivity contribution is 6.04. The number of carbonyl (C=O) groups is 2. The van der Waals surface area contributed by atoms with E-state index in [2.05, 4.69) is 5.32 Å². The van der Waals surface area contributed by atoms with Gasteiger partial charge in [-0.3, -0.25) is 9.59 Å². The number of anilines is 1. The van der Waals surface area contributed by atoms with Crippen LogP contribution in [-0.4, -0.2) is 11.7 Å². The molecule has 0 saturated carbocycles. The fourth-order valence-electron chi connectivity index (χ4n) is 2.58. The third-order valence-electron chi connectivity index (χ3n) is 4.00. The number of benzene rings is 2. The highest BCUT2D eigenvalue weighted by atomic mass is 16.1.